The number of anilines is 2. The molecule has 0 aliphatic carbocycles. The number of hydrogen-bond acceptors (Lipinski definition) is 6. The quantitative estimate of drug-likeness (QED) is 0.865. The molecular weight excluding hydrogens is 308 g/mol. The number of piperidine rings is 1. The van der Waals surface area contributed by atoms with E-state index in [2.05, 4.69) is 43.3 Å². The van der Waals surface area contributed by atoms with Gasteiger partial charge in [-0.05, 0) is 30.7 Å². The Balaban J connectivity index is 1.50. The lowest BCUT2D eigenvalue weighted by Crippen LogP contribution is -2.39. The molecule has 0 aromatic carbocycles. The highest BCUT2D eigenvalue weighted by Gasteiger charge is 2.24. The number of nitrogens with zero attached hydrogens (tertiary/aromatic N) is 4. The number of rotatable bonds is 3. The molecular formula is C17H22N4OS. The SMILES string of the molecule is c1csc(C2CN(c3cc(N4CCCCC4)ncn3)CCO2)c1. The molecule has 0 spiro atoms. The molecule has 0 radical (unpaired) electrons. The van der Waals surface area contributed by atoms with E-state index in [-0.39, 0.29) is 6.10 Å². The molecule has 2 saturated heterocycles. The Morgan fingerprint density at radius 1 is 1.04 bits per heavy atom. The molecule has 5 nitrogen and oxygen atoms in total. The monoisotopic (exact) mass is 330 g/mol. The van der Waals surface area contributed by atoms with Crippen molar-refractivity contribution in [3.05, 3.63) is 34.8 Å². The summed E-state index contributed by atoms with van der Waals surface area (Å²) >= 11 is 1.76. The lowest BCUT2D eigenvalue weighted by atomic mass is 10.1. The van der Waals surface area contributed by atoms with Crippen LogP contribution < -0.4 is 9.80 Å². The Morgan fingerprint density at radius 3 is 2.65 bits per heavy atom. The normalized spacial score (nSPS) is 22.3. The predicted molar refractivity (Wildman–Crippen MR) is 93.3 cm³/mol. The van der Waals surface area contributed by atoms with Crippen LogP contribution in [0, 0.1) is 0 Å². The Labute approximate surface area is 140 Å². The summed E-state index contributed by atoms with van der Waals surface area (Å²) in [6.45, 7) is 4.70. The zero-order valence-electron chi connectivity index (χ0n) is 13.2. The largest absolute Gasteiger partial charge is 0.369 e. The summed E-state index contributed by atoms with van der Waals surface area (Å²) in [5, 5.41) is 2.11. The van der Waals surface area contributed by atoms with Crippen molar-refractivity contribution in [2.24, 2.45) is 0 Å². The zero-order valence-corrected chi connectivity index (χ0v) is 14.0. The van der Waals surface area contributed by atoms with Gasteiger partial charge in [0.15, 0.2) is 0 Å². The predicted octanol–water partition coefficient (Wildman–Crippen LogP) is 3.11. The topological polar surface area (TPSA) is 41.5 Å². The lowest BCUT2D eigenvalue weighted by Gasteiger charge is -2.34. The van der Waals surface area contributed by atoms with Crippen molar-refractivity contribution in [2.45, 2.75) is 25.4 Å². The van der Waals surface area contributed by atoms with Crippen LogP contribution >= 0.6 is 11.3 Å². The van der Waals surface area contributed by atoms with Crippen molar-refractivity contribution in [2.75, 3.05) is 42.6 Å². The highest BCUT2D eigenvalue weighted by molar-refractivity contribution is 7.10. The van der Waals surface area contributed by atoms with Gasteiger partial charge >= 0.3 is 0 Å². The highest BCUT2D eigenvalue weighted by atomic mass is 32.1. The first-order chi connectivity index (χ1) is 11.4. The molecule has 2 aliphatic rings. The molecule has 0 saturated carbocycles. The van der Waals surface area contributed by atoms with Crippen molar-refractivity contribution in [3.63, 3.8) is 0 Å². The van der Waals surface area contributed by atoms with Gasteiger partial charge in [0.2, 0.25) is 0 Å². The van der Waals surface area contributed by atoms with Gasteiger partial charge < -0.3 is 14.5 Å². The summed E-state index contributed by atoms with van der Waals surface area (Å²) in [5.41, 5.74) is 0. The molecule has 2 aliphatic heterocycles. The Morgan fingerprint density at radius 2 is 1.87 bits per heavy atom. The minimum absolute atomic E-state index is 0.150. The standard InChI is InChI=1S/C17H22N4OS/c1-2-6-20(7-3-1)16-11-17(19-13-18-16)21-8-9-22-14(12-21)15-5-4-10-23-15/h4-5,10-11,13-14H,1-3,6-9,12H2. The molecule has 0 bridgehead atoms. The Bertz CT molecular complexity index is 627. The second-order valence-electron chi connectivity index (χ2n) is 6.10. The first kappa shape index (κ1) is 14.9. The summed E-state index contributed by atoms with van der Waals surface area (Å²) < 4.78 is 5.94. The molecule has 2 fully saturated rings. The van der Waals surface area contributed by atoms with Crippen molar-refractivity contribution >= 4 is 23.0 Å². The smallest absolute Gasteiger partial charge is 0.134 e. The summed E-state index contributed by atoms with van der Waals surface area (Å²) in [7, 11) is 0. The summed E-state index contributed by atoms with van der Waals surface area (Å²) in [6.07, 6.45) is 5.71. The first-order valence-corrected chi connectivity index (χ1v) is 9.25. The fourth-order valence-electron chi connectivity index (χ4n) is 3.31. The average Bonchev–Trinajstić information content (AvgIpc) is 3.18. The van der Waals surface area contributed by atoms with Crippen molar-refractivity contribution in [1.29, 1.82) is 0 Å². The number of thiophene rings is 1. The molecule has 6 heteroatoms. The van der Waals surface area contributed by atoms with Crippen LogP contribution in [-0.2, 0) is 4.74 Å². The average molecular weight is 330 g/mol. The van der Waals surface area contributed by atoms with E-state index in [0.717, 1.165) is 44.4 Å². The number of aromatic nitrogens is 2. The van der Waals surface area contributed by atoms with Gasteiger partial charge in [-0.25, -0.2) is 9.97 Å². The second kappa shape index (κ2) is 6.84. The number of ether oxygens (including phenoxy) is 1. The lowest BCUT2D eigenvalue weighted by molar-refractivity contribution is 0.0418. The molecule has 0 amide bonds. The third-order valence-corrected chi connectivity index (χ3v) is 5.53. The minimum atomic E-state index is 0.150. The van der Waals surface area contributed by atoms with Crippen LogP contribution in [0.1, 0.15) is 30.2 Å². The van der Waals surface area contributed by atoms with Gasteiger partial charge in [0.25, 0.3) is 0 Å². The van der Waals surface area contributed by atoms with Crippen LogP contribution in [0.25, 0.3) is 0 Å². The molecule has 4 heterocycles. The third kappa shape index (κ3) is 3.33. The van der Waals surface area contributed by atoms with Gasteiger partial charge in [0, 0.05) is 30.6 Å². The van der Waals surface area contributed by atoms with Crippen LogP contribution in [0.4, 0.5) is 11.6 Å². The maximum Gasteiger partial charge on any atom is 0.134 e. The van der Waals surface area contributed by atoms with E-state index >= 15 is 0 Å². The van der Waals surface area contributed by atoms with Gasteiger partial charge in [0.05, 0.1) is 13.2 Å². The van der Waals surface area contributed by atoms with Gasteiger partial charge in [0.1, 0.15) is 24.1 Å². The van der Waals surface area contributed by atoms with Crippen LogP contribution in [0.15, 0.2) is 29.9 Å². The molecule has 0 N–H and O–H groups in total. The summed E-state index contributed by atoms with van der Waals surface area (Å²) in [6, 6.07) is 6.38. The second-order valence-corrected chi connectivity index (χ2v) is 7.08. The molecule has 23 heavy (non-hydrogen) atoms. The summed E-state index contributed by atoms with van der Waals surface area (Å²) in [5.74, 6) is 2.08. The Hall–Kier alpha value is -1.66. The molecule has 1 unspecified atom stereocenters. The molecule has 2 aromatic rings. The molecule has 122 valence electrons. The highest BCUT2D eigenvalue weighted by Crippen LogP contribution is 2.29. The number of morpholine rings is 1. The Kier molecular flexibility index (Phi) is 4.43. The maximum atomic E-state index is 5.94. The van der Waals surface area contributed by atoms with Crippen molar-refractivity contribution < 1.29 is 4.74 Å². The summed E-state index contributed by atoms with van der Waals surface area (Å²) in [4.78, 5) is 15.0. The van der Waals surface area contributed by atoms with Gasteiger partial charge in [-0.1, -0.05) is 6.07 Å². The fraction of sp³-hybridized carbons (Fsp3) is 0.529. The van der Waals surface area contributed by atoms with E-state index in [0.29, 0.717) is 0 Å². The van der Waals surface area contributed by atoms with E-state index in [1.165, 1.54) is 24.1 Å². The van der Waals surface area contributed by atoms with E-state index in [4.69, 9.17) is 4.74 Å². The molecule has 2 aromatic heterocycles. The van der Waals surface area contributed by atoms with Gasteiger partial charge in [-0.15, -0.1) is 11.3 Å². The van der Waals surface area contributed by atoms with Gasteiger partial charge in [-0.2, -0.15) is 0 Å². The van der Waals surface area contributed by atoms with E-state index in [1.807, 2.05) is 0 Å². The molecule has 4 rings (SSSR count). The van der Waals surface area contributed by atoms with Crippen molar-refractivity contribution in [3.8, 4) is 0 Å². The molecule has 1 atom stereocenters. The van der Waals surface area contributed by atoms with Crippen LogP contribution in [0.5, 0.6) is 0 Å². The third-order valence-electron chi connectivity index (χ3n) is 4.57. The maximum absolute atomic E-state index is 5.94. The van der Waals surface area contributed by atoms with E-state index in [9.17, 15) is 0 Å². The first-order valence-electron chi connectivity index (χ1n) is 8.37. The van der Waals surface area contributed by atoms with Crippen LogP contribution in [0.3, 0.4) is 0 Å². The number of hydrogen-bond donors (Lipinski definition) is 0. The van der Waals surface area contributed by atoms with Crippen molar-refractivity contribution in [1.82, 2.24) is 9.97 Å². The van der Waals surface area contributed by atoms with Gasteiger partial charge in [-0.3, -0.25) is 0 Å². The van der Waals surface area contributed by atoms with E-state index < -0.39 is 0 Å². The minimum Gasteiger partial charge on any atom is -0.369 e. The van der Waals surface area contributed by atoms with Crippen LogP contribution in [-0.4, -0.2) is 42.8 Å². The fourth-order valence-corrected chi connectivity index (χ4v) is 4.08. The van der Waals surface area contributed by atoms with E-state index in [1.54, 1.807) is 17.7 Å². The van der Waals surface area contributed by atoms with Crippen LogP contribution in [0.2, 0.25) is 0 Å². The zero-order chi connectivity index (χ0) is 15.5.